The van der Waals surface area contributed by atoms with Crippen LogP contribution in [0.3, 0.4) is 0 Å². The van der Waals surface area contributed by atoms with Gasteiger partial charge in [0.2, 0.25) is 0 Å². The molecule has 0 aliphatic carbocycles. The Labute approximate surface area is 114 Å². The van der Waals surface area contributed by atoms with Gasteiger partial charge < -0.3 is 10.1 Å². The first-order valence-corrected chi connectivity index (χ1v) is 7.07. The lowest BCUT2D eigenvalue weighted by molar-refractivity contribution is 0.199. The minimum Gasteiger partial charge on any atom is -0.383 e. The second-order valence-corrected chi connectivity index (χ2v) is 5.46. The quantitative estimate of drug-likeness (QED) is 0.782. The zero-order valence-electron chi connectivity index (χ0n) is 10.00. The van der Waals surface area contributed by atoms with E-state index in [1.54, 1.807) is 31.4 Å². The third kappa shape index (κ3) is 4.02. The van der Waals surface area contributed by atoms with Crippen LogP contribution >= 0.6 is 23.3 Å². The van der Waals surface area contributed by atoms with Gasteiger partial charge in [0.15, 0.2) is 4.34 Å². The number of nitrogens with zero attached hydrogens (tertiary/aromatic N) is 3. The summed E-state index contributed by atoms with van der Waals surface area (Å²) in [5, 5.41) is 4.28. The summed E-state index contributed by atoms with van der Waals surface area (Å²) < 4.78 is 9.89. The van der Waals surface area contributed by atoms with Gasteiger partial charge in [0.25, 0.3) is 0 Å². The molecule has 0 radical (unpaired) electrons. The average Bonchev–Trinajstić information content (AvgIpc) is 2.89. The molecule has 0 aromatic carbocycles. The summed E-state index contributed by atoms with van der Waals surface area (Å²) in [5.74, 6) is 0. The van der Waals surface area contributed by atoms with Crippen molar-refractivity contribution in [1.82, 2.24) is 19.7 Å². The molecule has 0 atom stereocenters. The standard InChI is InChI=1S/C11H14N4OS2/c1-16-6-5-12-7-9-3-2-4-13-10(9)17-11-14-8-15-18-11/h2-4,8,12H,5-7H2,1H3. The second-order valence-electron chi connectivity index (χ2n) is 3.45. The number of methoxy groups -OCH3 is 1. The van der Waals surface area contributed by atoms with Crippen LogP contribution in [0.25, 0.3) is 0 Å². The predicted octanol–water partition coefficient (Wildman–Crippen LogP) is 1.82. The van der Waals surface area contributed by atoms with E-state index in [0.29, 0.717) is 6.61 Å². The zero-order chi connectivity index (χ0) is 12.6. The van der Waals surface area contributed by atoms with Gasteiger partial charge in [-0.2, -0.15) is 4.37 Å². The van der Waals surface area contributed by atoms with E-state index < -0.39 is 0 Å². The van der Waals surface area contributed by atoms with Crippen molar-refractivity contribution in [3.8, 4) is 0 Å². The van der Waals surface area contributed by atoms with Crippen molar-refractivity contribution >= 4 is 23.3 Å². The highest BCUT2D eigenvalue weighted by molar-refractivity contribution is 8.00. The summed E-state index contributed by atoms with van der Waals surface area (Å²) in [6, 6.07) is 4.01. The fourth-order valence-electron chi connectivity index (χ4n) is 1.34. The van der Waals surface area contributed by atoms with E-state index in [2.05, 4.69) is 25.7 Å². The SMILES string of the molecule is COCCNCc1cccnc1Sc1ncns1. The maximum atomic E-state index is 5.00. The third-order valence-corrected chi connectivity index (χ3v) is 3.95. The second kappa shape index (κ2) is 7.42. The van der Waals surface area contributed by atoms with Gasteiger partial charge in [0.1, 0.15) is 11.4 Å². The van der Waals surface area contributed by atoms with E-state index in [9.17, 15) is 0 Å². The Hall–Kier alpha value is -1.02. The number of ether oxygens (including phenoxy) is 1. The van der Waals surface area contributed by atoms with Crippen LogP contribution in [0.5, 0.6) is 0 Å². The van der Waals surface area contributed by atoms with E-state index in [0.717, 1.165) is 28.0 Å². The van der Waals surface area contributed by atoms with E-state index >= 15 is 0 Å². The van der Waals surface area contributed by atoms with Crippen LogP contribution in [0.15, 0.2) is 34.0 Å². The molecule has 2 aromatic rings. The molecule has 0 bridgehead atoms. The summed E-state index contributed by atoms with van der Waals surface area (Å²) >= 11 is 2.93. The molecular weight excluding hydrogens is 268 g/mol. The van der Waals surface area contributed by atoms with Gasteiger partial charge in [-0.25, -0.2) is 9.97 Å². The van der Waals surface area contributed by atoms with Crippen LogP contribution in [0.2, 0.25) is 0 Å². The topological polar surface area (TPSA) is 59.9 Å². The number of hydrogen-bond donors (Lipinski definition) is 1. The van der Waals surface area contributed by atoms with Crippen molar-refractivity contribution in [1.29, 1.82) is 0 Å². The first-order chi connectivity index (χ1) is 8.90. The lowest BCUT2D eigenvalue weighted by Gasteiger charge is -2.07. The lowest BCUT2D eigenvalue weighted by atomic mass is 10.3. The van der Waals surface area contributed by atoms with Gasteiger partial charge in [0.05, 0.1) is 6.61 Å². The molecule has 2 rings (SSSR count). The molecule has 2 aromatic heterocycles. The Morgan fingerprint density at radius 1 is 1.44 bits per heavy atom. The monoisotopic (exact) mass is 282 g/mol. The normalized spacial score (nSPS) is 10.7. The van der Waals surface area contributed by atoms with Crippen LogP contribution in [-0.2, 0) is 11.3 Å². The van der Waals surface area contributed by atoms with Gasteiger partial charge in [-0.3, -0.25) is 0 Å². The molecule has 0 aliphatic rings. The maximum Gasteiger partial charge on any atom is 0.176 e. The van der Waals surface area contributed by atoms with E-state index in [1.807, 2.05) is 6.07 Å². The van der Waals surface area contributed by atoms with Crippen molar-refractivity contribution in [3.63, 3.8) is 0 Å². The molecule has 0 fully saturated rings. The van der Waals surface area contributed by atoms with E-state index in [1.165, 1.54) is 11.5 Å². The minimum absolute atomic E-state index is 0.707. The molecule has 0 aliphatic heterocycles. The first-order valence-electron chi connectivity index (χ1n) is 5.48. The van der Waals surface area contributed by atoms with Crippen molar-refractivity contribution in [2.24, 2.45) is 0 Å². The molecule has 0 amide bonds. The molecular formula is C11H14N4OS2. The lowest BCUT2D eigenvalue weighted by Crippen LogP contribution is -2.19. The molecule has 7 heteroatoms. The Balaban J connectivity index is 1.97. The van der Waals surface area contributed by atoms with Gasteiger partial charge in [-0.15, -0.1) is 0 Å². The number of nitrogens with one attached hydrogen (secondary N) is 1. The van der Waals surface area contributed by atoms with Crippen molar-refractivity contribution in [2.75, 3.05) is 20.3 Å². The van der Waals surface area contributed by atoms with Crippen LogP contribution in [0, 0.1) is 0 Å². The largest absolute Gasteiger partial charge is 0.383 e. The molecule has 18 heavy (non-hydrogen) atoms. The molecule has 96 valence electrons. The van der Waals surface area contributed by atoms with E-state index in [4.69, 9.17) is 4.74 Å². The minimum atomic E-state index is 0.707. The molecule has 1 N–H and O–H groups in total. The molecule has 0 saturated carbocycles. The Kier molecular flexibility index (Phi) is 5.53. The highest BCUT2D eigenvalue weighted by Gasteiger charge is 2.07. The Bertz CT molecular complexity index is 464. The van der Waals surface area contributed by atoms with Gasteiger partial charge in [-0.1, -0.05) is 6.07 Å². The average molecular weight is 282 g/mol. The number of rotatable bonds is 7. The van der Waals surface area contributed by atoms with Gasteiger partial charge >= 0.3 is 0 Å². The summed E-state index contributed by atoms with van der Waals surface area (Å²) in [7, 11) is 1.70. The number of aromatic nitrogens is 3. The summed E-state index contributed by atoms with van der Waals surface area (Å²) in [6.45, 7) is 2.31. The van der Waals surface area contributed by atoms with Gasteiger partial charge in [0, 0.05) is 26.4 Å². The molecule has 5 nitrogen and oxygen atoms in total. The Morgan fingerprint density at radius 2 is 2.39 bits per heavy atom. The molecule has 0 spiro atoms. The van der Waals surface area contributed by atoms with Crippen molar-refractivity contribution < 1.29 is 4.74 Å². The van der Waals surface area contributed by atoms with E-state index in [-0.39, 0.29) is 0 Å². The number of hydrogen-bond acceptors (Lipinski definition) is 7. The van der Waals surface area contributed by atoms with Crippen LogP contribution in [0.1, 0.15) is 5.56 Å². The molecule has 0 saturated heterocycles. The fraction of sp³-hybridized carbons (Fsp3) is 0.364. The van der Waals surface area contributed by atoms with Crippen molar-refractivity contribution in [3.05, 3.63) is 30.2 Å². The fourth-order valence-corrected chi connectivity index (χ4v) is 2.78. The Morgan fingerprint density at radius 3 is 3.17 bits per heavy atom. The summed E-state index contributed by atoms with van der Waals surface area (Å²) in [4.78, 5) is 8.54. The highest BCUT2D eigenvalue weighted by atomic mass is 32.2. The molecule has 2 heterocycles. The third-order valence-electron chi connectivity index (χ3n) is 2.17. The summed E-state index contributed by atoms with van der Waals surface area (Å²) in [5.41, 5.74) is 1.16. The first kappa shape index (κ1) is 13.4. The van der Waals surface area contributed by atoms with Crippen LogP contribution < -0.4 is 5.32 Å². The number of pyridine rings is 1. The van der Waals surface area contributed by atoms with Crippen LogP contribution in [0.4, 0.5) is 0 Å². The van der Waals surface area contributed by atoms with Crippen LogP contribution in [-0.4, -0.2) is 34.6 Å². The maximum absolute atomic E-state index is 5.00. The smallest absolute Gasteiger partial charge is 0.176 e. The summed E-state index contributed by atoms with van der Waals surface area (Å²) in [6.07, 6.45) is 3.36. The highest BCUT2D eigenvalue weighted by Crippen LogP contribution is 2.28. The van der Waals surface area contributed by atoms with Gasteiger partial charge in [-0.05, 0) is 34.9 Å². The zero-order valence-corrected chi connectivity index (χ0v) is 11.6. The predicted molar refractivity (Wildman–Crippen MR) is 71.9 cm³/mol. The van der Waals surface area contributed by atoms with Crippen molar-refractivity contribution in [2.45, 2.75) is 15.9 Å². The molecule has 0 unspecified atom stereocenters.